The predicted octanol–water partition coefficient (Wildman–Crippen LogP) is 4.62. The molecule has 5 nitrogen and oxygen atoms in total. The van der Waals surface area contributed by atoms with Crippen LogP contribution in [0.5, 0.6) is 5.75 Å². The molecule has 3 aromatic rings. The van der Waals surface area contributed by atoms with E-state index in [9.17, 15) is 9.59 Å². The Hall–Kier alpha value is -3.25. The van der Waals surface area contributed by atoms with E-state index in [1.54, 1.807) is 30.8 Å². The molecule has 6 heteroatoms. The van der Waals surface area contributed by atoms with Crippen molar-refractivity contribution in [2.45, 2.75) is 31.7 Å². The van der Waals surface area contributed by atoms with Crippen molar-refractivity contribution in [3.63, 3.8) is 0 Å². The third-order valence-electron chi connectivity index (χ3n) is 5.62. The molecule has 0 heterocycles. The van der Waals surface area contributed by atoms with E-state index in [2.05, 4.69) is 36.5 Å². The third-order valence-corrected chi connectivity index (χ3v) is 6.61. The van der Waals surface area contributed by atoms with E-state index < -0.39 is 6.04 Å². The Kier molecular flexibility index (Phi) is 9.59. The summed E-state index contributed by atoms with van der Waals surface area (Å²) in [5.74, 6) is 1.51. The maximum Gasteiger partial charge on any atom is 0.242 e. The first-order chi connectivity index (χ1) is 16.5. The fourth-order valence-electron chi connectivity index (χ4n) is 3.71. The first-order valence-electron chi connectivity index (χ1n) is 11.3. The van der Waals surface area contributed by atoms with E-state index in [1.165, 1.54) is 11.1 Å². The minimum absolute atomic E-state index is 0.0653. The second kappa shape index (κ2) is 12.8. The highest BCUT2D eigenvalue weighted by Crippen LogP contribution is 2.20. The zero-order valence-electron chi connectivity index (χ0n) is 20.0. The van der Waals surface area contributed by atoms with E-state index in [1.807, 2.05) is 54.6 Å². The molecule has 0 bridgehead atoms. The van der Waals surface area contributed by atoms with E-state index in [0.29, 0.717) is 18.7 Å². The van der Waals surface area contributed by atoms with Crippen LogP contribution in [0, 0.1) is 6.92 Å². The Balaban J connectivity index is 1.81. The van der Waals surface area contributed by atoms with Gasteiger partial charge in [-0.1, -0.05) is 72.3 Å². The molecule has 3 aromatic carbocycles. The molecule has 3 rings (SSSR count). The molecule has 1 atom stereocenters. The van der Waals surface area contributed by atoms with Crippen LogP contribution in [-0.2, 0) is 28.3 Å². The largest absolute Gasteiger partial charge is 0.497 e. The average molecular weight is 477 g/mol. The summed E-state index contributed by atoms with van der Waals surface area (Å²) in [6.07, 6.45) is 0.443. The number of thioether (sulfide) groups is 1. The number of nitrogens with zero attached hydrogens (tertiary/aromatic N) is 1. The molecular weight excluding hydrogens is 444 g/mol. The molecule has 0 spiro atoms. The van der Waals surface area contributed by atoms with Crippen LogP contribution in [0.25, 0.3) is 0 Å². The van der Waals surface area contributed by atoms with Crippen molar-refractivity contribution in [2.24, 2.45) is 0 Å². The van der Waals surface area contributed by atoms with E-state index in [0.717, 1.165) is 22.6 Å². The summed E-state index contributed by atoms with van der Waals surface area (Å²) in [6, 6.07) is 25.1. The highest BCUT2D eigenvalue weighted by molar-refractivity contribution is 7.99. The van der Waals surface area contributed by atoms with Crippen molar-refractivity contribution in [1.82, 2.24) is 10.2 Å². The number of amides is 2. The average Bonchev–Trinajstić information content (AvgIpc) is 2.87. The number of rotatable bonds is 11. The molecule has 0 saturated carbocycles. The second-order valence-electron chi connectivity index (χ2n) is 8.17. The Morgan fingerprint density at radius 3 is 2.32 bits per heavy atom. The molecular formula is C28H32N2O3S. The summed E-state index contributed by atoms with van der Waals surface area (Å²) in [5, 5.41) is 2.75. The van der Waals surface area contributed by atoms with Crippen molar-refractivity contribution in [1.29, 1.82) is 0 Å². The lowest BCUT2D eigenvalue weighted by molar-refractivity contribution is -0.139. The number of carbonyl (C=O) groups excluding carboxylic acids is 2. The Labute approximate surface area is 206 Å². The first-order valence-corrected chi connectivity index (χ1v) is 12.5. The molecule has 0 radical (unpaired) electrons. The molecule has 1 N–H and O–H groups in total. The number of ether oxygens (including phenoxy) is 1. The third kappa shape index (κ3) is 7.39. The van der Waals surface area contributed by atoms with Gasteiger partial charge in [0.2, 0.25) is 11.8 Å². The van der Waals surface area contributed by atoms with Crippen LogP contribution in [0.4, 0.5) is 0 Å². The number of hydrogen-bond donors (Lipinski definition) is 1. The summed E-state index contributed by atoms with van der Waals surface area (Å²) < 4.78 is 5.36. The van der Waals surface area contributed by atoms with Gasteiger partial charge in [-0.3, -0.25) is 9.59 Å². The van der Waals surface area contributed by atoms with Crippen molar-refractivity contribution in [3.8, 4) is 5.75 Å². The van der Waals surface area contributed by atoms with Crippen LogP contribution in [0.3, 0.4) is 0 Å². The molecule has 0 aliphatic carbocycles. The lowest BCUT2D eigenvalue weighted by Crippen LogP contribution is -2.50. The van der Waals surface area contributed by atoms with Gasteiger partial charge in [0.05, 0.1) is 12.9 Å². The van der Waals surface area contributed by atoms with Crippen LogP contribution in [-0.4, -0.2) is 42.7 Å². The second-order valence-corrected chi connectivity index (χ2v) is 9.16. The van der Waals surface area contributed by atoms with E-state index >= 15 is 0 Å². The molecule has 0 fully saturated rings. The number of carbonyl (C=O) groups is 2. The smallest absolute Gasteiger partial charge is 0.242 e. The normalized spacial score (nSPS) is 11.5. The van der Waals surface area contributed by atoms with Gasteiger partial charge < -0.3 is 15.0 Å². The number of benzene rings is 3. The lowest BCUT2D eigenvalue weighted by Gasteiger charge is -2.31. The topological polar surface area (TPSA) is 58.6 Å². The maximum atomic E-state index is 13.5. The van der Waals surface area contributed by atoms with Gasteiger partial charge >= 0.3 is 0 Å². The summed E-state index contributed by atoms with van der Waals surface area (Å²) in [5.41, 5.74) is 4.31. The molecule has 178 valence electrons. The van der Waals surface area contributed by atoms with Gasteiger partial charge in [-0.2, -0.15) is 0 Å². The van der Waals surface area contributed by atoms with Crippen LogP contribution < -0.4 is 10.1 Å². The zero-order chi connectivity index (χ0) is 24.3. The van der Waals surface area contributed by atoms with E-state index in [-0.39, 0.29) is 11.8 Å². The Morgan fingerprint density at radius 1 is 0.941 bits per heavy atom. The van der Waals surface area contributed by atoms with Crippen molar-refractivity contribution in [2.75, 3.05) is 19.9 Å². The number of hydrogen-bond acceptors (Lipinski definition) is 4. The van der Waals surface area contributed by atoms with Crippen molar-refractivity contribution in [3.05, 3.63) is 101 Å². The quantitative estimate of drug-likeness (QED) is 0.439. The molecule has 34 heavy (non-hydrogen) atoms. The van der Waals surface area contributed by atoms with Crippen LogP contribution >= 0.6 is 11.8 Å². The van der Waals surface area contributed by atoms with Gasteiger partial charge in [-0.25, -0.2) is 0 Å². The van der Waals surface area contributed by atoms with Crippen LogP contribution in [0.1, 0.15) is 22.3 Å². The standard InChI is InChI=1S/C28H32N2O3S/c1-21-12-14-23(15-13-21)19-34-20-27(31)30(18-24-10-7-11-25(16-24)33-3)26(28(32)29-2)17-22-8-5-4-6-9-22/h4-16,26H,17-20H2,1-3H3,(H,29,32). The van der Waals surface area contributed by atoms with Gasteiger partial charge in [0.15, 0.2) is 0 Å². The van der Waals surface area contributed by atoms with Gasteiger partial charge in [0.25, 0.3) is 0 Å². The molecule has 0 aliphatic rings. The molecule has 0 aliphatic heterocycles. The summed E-state index contributed by atoms with van der Waals surface area (Å²) >= 11 is 1.56. The summed E-state index contributed by atoms with van der Waals surface area (Å²) in [6.45, 7) is 2.38. The Bertz CT molecular complexity index is 1070. The van der Waals surface area contributed by atoms with Gasteiger partial charge in [-0.05, 0) is 35.7 Å². The SMILES string of the molecule is CNC(=O)C(Cc1ccccc1)N(Cc1cccc(OC)c1)C(=O)CSCc1ccc(C)cc1. The summed E-state index contributed by atoms with van der Waals surface area (Å²) in [7, 11) is 3.23. The van der Waals surface area contributed by atoms with E-state index in [4.69, 9.17) is 4.74 Å². The first kappa shape index (κ1) is 25.4. The number of likely N-dealkylation sites (N-methyl/N-ethyl adjacent to an activating group) is 1. The van der Waals surface area contributed by atoms with Crippen molar-refractivity contribution < 1.29 is 14.3 Å². The highest BCUT2D eigenvalue weighted by Gasteiger charge is 2.29. The van der Waals surface area contributed by atoms with Crippen LogP contribution in [0.15, 0.2) is 78.9 Å². The monoisotopic (exact) mass is 476 g/mol. The van der Waals surface area contributed by atoms with Gasteiger partial charge in [-0.15, -0.1) is 11.8 Å². The predicted molar refractivity (Wildman–Crippen MR) is 139 cm³/mol. The maximum absolute atomic E-state index is 13.5. The fourth-order valence-corrected chi connectivity index (χ4v) is 4.58. The minimum Gasteiger partial charge on any atom is -0.497 e. The number of methoxy groups -OCH3 is 1. The minimum atomic E-state index is -0.619. The molecule has 1 unspecified atom stereocenters. The van der Waals surface area contributed by atoms with Gasteiger partial charge in [0, 0.05) is 25.8 Å². The summed E-state index contributed by atoms with van der Waals surface area (Å²) in [4.78, 5) is 28.2. The van der Waals surface area contributed by atoms with Crippen LogP contribution in [0.2, 0.25) is 0 Å². The Morgan fingerprint density at radius 2 is 1.65 bits per heavy atom. The lowest BCUT2D eigenvalue weighted by atomic mass is 10.0. The number of nitrogens with one attached hydrogen (secondary N) is 1. The van der Waals surface area contributed by atoms with Gasteiger partial charge in [0.1, 0.15) is 11.8 Å². The molecule has 0 saturated heterocycles. The number of aryl methyl sites for hydroxylation is 1. The fraction of sp³-hybridized carbons (Fsp3) is 0.286. The van der Waals surface area contributed by atoms with Crippen molar-refractivity contribution >= 4 is 23.6 Å². The molecule has 2 amide bonds. The highest BCUT2D eigenvalue weighted by atomic mass is 32.2. The zero-order valence-corrected chi connectivity index (χ0v) is 20.8. The molecule has 0 aromatic heterocycles.